The number of carbonyl (C=O) groups excluding carboxylic acids is 2. The SMILES string of the molecule is CC1CN(C=O)Cc2ncc(C(=O)Nc3ccccc3Cl)n21. The average Bonchev–Trinajstić information content (AvgIpc) is 2.94. The summed E-state index contributed by atoms with van der Waals surface area (Å²) in [5, 5.41) is 3.27. The number of aromatic nitrogens is 2. The topological polar surface area (TPSA) is 67.2 Å². The fraction of sp³-hybridized carbons (Fsp3) is 0.267. The molecule has 2 heterocycles. The van der Waals surface area contributed by atoms with E-state index in [1.165, 1.54) is 6.20 Å². The van der Waals surface area contributed by atoms with Gasteiger partial charge in [-0.15, -0.1) is 0 Å². The fourth-order valence-electron chi connectivity index (χ4n) is 2.67. The molecule has 0 radical (unpaired) electrons. The summed E-state index contributed by atoms with van der Waals surface area (Å²) in [5.41, 5.74) is 1.02. The largest absolute Gasteiger partial charge is 0.336 e. The monoisotopic (exact) mass is 318 g/mol. The van der Waals surface area contributed by atoms with Crippen molar-refractivity contribution in [3.63, 3.8) is 0 Å². The number of hydrogen-bond acceptors (Lipinski definition) is 3. The molecule has 0 spiro atoms. The third-order valence-electron chi connectivity index (χ3n) is 3.66. The highest BCUT2D eigenvalue weighted by molar-refractivity contribution is 6.33. The fourth-order valence-corrected chi connectivity index (χ4v) is 2.86. The molecule has 2 amide bonds. The summed E-state index contributed by atoms with van der Waals surface area (Å²) in [6.07, 6.45) is 2.34. The highest BCUT2D eigenvalue weighted by atomic mass is 35.5. The molecule has 7 heteroatoms. The van der Waals surface area contributed by atoms with Gasteiger partial charge in [-0.3, -0.25) is 9.59 Å². The molecule has 0 bridgehead atoms. The maximum Gasteiger partial charge on any atom is 0.273 e. The van der Waals surface area contributed by atoms with Crippen LogP contribution in [0.5, 0.6) is 0 Å². The lowest BCUT2D eigenvalue weighted by Crippen LogP contribution is -2.37. The van der Waals surface area contributed by atoms with Crippen LogP contribution in [0.15, 0.2) is 30.5 Å². The first kappa shape index (κ1) is 14.6. The number of anilines is 1. The van der Waals surface area contributed by atoms with Crippen LogP contribution in [0.2, 0.25) is 5.02 Å². The number of benzene rings is 1. The Bertz CT molecular complexity index is 728. The van der Waals surface area contributed by atoms with Gasteiger partial charge in [0.15, 0.2) is 0 Å². The van der Waals surface area contributed by atoms with E-state index in [1.807, 2.05) is 11.5 Å². The minimum atomic E-state index is -0.266. The Morgan fingerprint density at radius 1 is 1.45 bits per heavy atom. The number of nitrogens with zero attached hydrogens (tertiary/aromatic N) is 3. The zero-order valence-electron chi connectivity index (χ0n) is 12.0. The number of carbonyl (C=O) groups is 2. The van der Waals surface area contributed by atoms with Gasteiger partial charge in [-0.2, -0.15) is 0 Å². The molecule has 1 aliphatic rings. The number of para-hydroxylation sites is 1. The Balaban J connectivity index is 1.88. The molecule has 0 aliphatic carbocycles. The van der Waals surface area contributed by atoms with E-state index in [9.17, 15) is 9.59 Å². The van der Waals surface area contributed by atoms with Crippen LogP contribution < -0.4 is 5.32 Å². The molecule has 0 saturated carbocycles. The smallest absolute Gasteiger partial charge is 0.273 e. The summed E-state index contributed by atoms with van der Waals surface area (Å²) in [7, 11) is 0. The Kier molecular flexibility index (Phi) is 3.85. The van der Waals surface area contributed by atoms with Crippen LogP contribution >= 0.6 is 11.6 Å². The number of halogens is 1. The normalized spacial score (nSPS) is 17.0. The number of nitrogens with one attached hydrogen (secondary N) is 1. The first-order valence-corrected chi connectivity index (χ1v) is 7.29. The van der Waals surface area contributed by atoms with E-state index in [0.717, 1.165) is 6.41 Å². The minimum absolute atomic E-state index is 0.0107. The predicted molar refractivity (Wildman–Crippen MR) is 82.8 cm³/mol. The van der Waals surface area contributed by atoms with Crippen LogP contribution in [0, 0.1) is 0 Å². The van der Waals surface area contributed by atoms with Crippen molar-refractivity contribution in [1.82, 2.24) is 14.5 Å². The van der Waals surface area contributed by atoms with Gasteiger partial charge in [-0.05, 0) is 19.1 Å². The van der Waals surface area contributed by atoms with E-state index in [4.69, 9.17) is 11.6 Å². The second-order valence-corrected chi connectivity index (χ2v) is 5.65. The van der Waals surface area contributed by atoms with Crippen molar-refractivity contribution >= 4 is 29.6 Å². The molecule has 1 aliphatic heterocycles. The minimum Gasteiger partial charge on any atom is -0.336 e. The highest BCUT2D eigenvalue weighted by Gasteiger charge is 2.27. The third kappa shape index (κ3) is 2.57. The van der Waals surface area contributed by atoms with Gasteiger partial charge < -0.3 is 14.8 Å². The molecule has 1 atom stereocenters. The third-order valence-corrected chi connectivity index (χ3v) is 3.99. The van der Waals surface area contributed by atoms with Crippen molar-refractivity contribution in [3.8, 4) is 0 Å². The zero-order valence-corrected chi connectivity index (χ0v) is 12.7. The van der Waals surface area contributed by atoms with Gasteiger partial charge >= 0.3 is 0 Å². The van der Waals surface area contributed by atoms with E-state index in [-0.39, 0.29) is 11.9 Å². The van der Waals surface area contributed by atoms with Crippen LogP contribution in [-0.2, 0) is 11.3 Å². The molecule has 1 aromatic heterocycles. The van der Waals surface area contributed by atoms with Gasteiger partial charge in [-0.1, -0.05) is 23.7 Å². The second-order valence-electron chi connectivity index (χ2n) is 5.25. The van der Waals surface area contributed by atoms with E-state index < -0.39 is 0 Å². The Labute approximate surface area is 132 Å². The maximum absolute atomic E-state index is 12.5. The molecule has 0 saturated heterocycles. The molecule has 6 nitrogen and oxygen atoms in total. The number of hydrogen-bond donors (Lipinski definition) is 1. The lowest BCUT2D eigenvalue weighted by Gasteiger charge is -2.30. The number of rotatable bonds is 3. The van der Waals surface area contributed by atoms with Crippen LogP contribution in [0.1, 0.15) is 29.3 Å². The summed E-state index contributed by atoms with van der Waals surface area (Å²) in [6.45, 7) is 2.92. The predicted octanol–water partition coefficient (Wildman–Crippen LogP) is 2.32. The van der Waals surface area contributed by atoms with Crippen LogP contribution in [0.3, 0.4) is 0 Å². The average molecular weight is 319 g/mol. The second kappa shape index (κ2) is 5.81. The summed E-state index contributed by atoms with van der Waals surface area (Å²) in [6, 6.07) is 7.05. The van der Waals surface area contributed by atoms with Gasteiger partial charge in [0.25, 0.3) is 5.91 Å². The van der Waals surface area contributed by atoms with Crippen LogP contribution in [-0.4, -0.2) is 33.3 Å². The van der Waals surface area contributed by atoms with Crippen molar-refractivity contribution in [3.05, 3.63) is 47.0 Å². The van der Waals surface area contributed by atoms with E-state index in [0.29, 0.717) is 35.3 Å². The lowest BCUT2D eigenvalue weighted by atomic mass is 10.2. The first-order chi connectivity index (χ1) is 10.6. The maximum atomic E-state index is 12.5. The number of amides is 2. The Morgan fingerprint density at radius 2 is 2.23 bits per heavy atom. The molecular formula is C15H15ClN4O2. The number of fused-ring (bicyclic) bond motifs is 1. The zero-order chi connectivity index (χ0) is 15.7. The van der Waals surface area contributed by atoms with Crippen LogP contribution in [0.25, 0.3) is 0 Å². The molecule has 1 unspecified atom stereocenters. The van der Waals surface area contributed by atoms with E-state index in [1.54, 1.807) is 29.2 Å². The van der Waals surface area contributed by atoms with Gasteiger partial charge in [0, 0.05) is 6.54 Å². The molecule has 3 rings (SSSR count). The molecule has 22 heavy (non-hydrogen) atoms. The van der Waals surface area contributed by atoms with Crippen LogP contribution in [0.4, 0.5) is 5.69 Å². The molecular weight excluding hydrogens is 304 g/mol. The molecule has 1 aromatic carbocycles. The summed E-state index contributed by atoms with van der Waals surface area (Å²) in [5.74, 6) is 0.438. The first-order valence-electron chi connectivity index (χ1n) is 6.91. The number of imidazole rings is 1. The molecule has 0 fully saturated rings. The molecule has 114 valence electrons. The quantitative estimate of drug-likeness (QED) is 0.883. The van der Waals surface area contributed by atoms with Crippen molar-refractivity contribution < 1.29 is 9.59 Å². The molecule has 1 N–H and O–H groups in total. The summed E-state index contributed by atoms with van der Waals surface area (Å²) < 4.78 is 1.87. The summed E-state index contributed by atoms with van der Waals surface area (Å²) in [4.78, 5) is 29.3. The van der Waals surface area contributed by atoms with Gasteiger partial charge in [0.2, 0.25) is 6.41 Å². The lowest BCUT2D eigenvalue weighted by molar-refractivity contribution is -0.119. The Hall–Kier alpha value is -2.34. The van der Waals surface area contributed by atoms with Gasteiger partial charge in [-0.25, -0.2) is 4.98 Å². The van der Waals surface area contributed by atoms with Crippen molar-refractivity contribution in [2.45, 2.75) is 19.5 Å². The van der Waals surface area contributed by atoms with Crippen molar-refractivity contribution in [2.75, 3.05) is 11.9 Å². The van der Waals surface area contributed by atoms with Gasteiger partial charge in [0.1, 0.15) is 11.5 Å². The summed E-state index contributed by atoms with van der Waals surface area (Å²) >= 11 is 6.06. The Morgan fingerprint density at radius 3 is 2.95 bits per heavy atom. The van der Waals surface area contributed by atoms with E-state index in [2.05, 4.69) is 10.3 Å². The molecule has 2 aromatic rings. The van der Waals surface area contributed by atoms with Crippen molar-refractivity contribution in [2.24, 2.45) is 0 Å². The van der Waals surface area contributed by atoms with E-state index >= 15 is 0 Å². The highest BCUT2D eigenvalue weighted by Crippen LogP contribution is 2.24. The van der Waals surface area contributed by atoms with Crippen molar-refractivity contribution in [1.29, 1.82) is 0 Å². The standard InChI is InChI=1S/C15H15ClN4O2/c1-10-7-19(9-21)8-14-17-6-13(20(10)14)15(22)18-12-5-3-2-4-11(12)16/h2-6,9-10H,7-8H2,1H3,(H,18,22). The van der Waals surface area contributed by atoms with Gasteiger partial charge in [0.05, 0.1) is 29.5 Å².